The van der Waals surface area contributed by atoms with Gasteiger partial charge in [-0.2, -0.15) is 0 Å². The van der Waals surface area contributed by atoms with Crippen molar-refractivity contribution in [2.75, 3.05) is 19.8 Å². The number of nitrogens with two attached hydrogens (primary N) is 1. The van der Waals surface area contributed by atoms with Gasteiger partial charge in [0.25, 0.3) is 0 Å². The van der Waals surface area contributed by atoms with Crippen LogP contribution in [0.5, 0.6) is 0 Å². The predicted octanol–water partition coefficient (Wildman–Crippen LogP) is 2.50. The van der Waals surface area contributed by atoms with E-state index in [9.17, 15) is 0 Å². The van der Waals surface area contributed by atoms with E-state index in [1.54, 1.807) is 0 Å². The summed E-state index contributed by atoms with van der Waals surface area (Å²) in [7, 11) is 0. The fourth-order valence-corrected chi connectivity index (χ4v) is 1.55. The largest absolute Gasteiger partial charge is 0.380 e. The van der Waals surface area contributed by atoms with Crippen molar-refractivity contribution in [1.82, 2.24) is 0 Å². The van der Waals surface area contributed by atoms with Gasteiger partial charge in [-0.1, -0.05) is 45.0 Å². The summed E-state index contributed by atoms with van der Waals surface area (Å²) in [5.74, 6) is 0. The zero-order valence-corrected chi connectivity index (χ0v) is 10.6. The molecule has 0 aliphatic heterocycles. The maximum atomic E-state index is 5.36. The normalized spacial score (nSPS) is 11.8. The monoisotopic (exact) mass is 221 g/mol. The summed E-state index contributed by atoms with van der Waals surface area (Å²) in [6.07, 6.45) is 0.963. The minimum atomic E-state index is 0.231. The third kappa shape index (κ3) is 4.33. The lowest BCUT2D eigenvalue weighted by Gasteiger charge is -2.19. The van der Waals surface area contributed by atoms with E-state index < -0.39 is 0 Å². The molecule has 0 aliphatic carbocycles. The Labute approximate surface area is 98.8 Å². The molecule has 1 aromatic carbocycles. The molecule has 16 heavy (non-hydrogen) atoms. The van der Waals surface area contributed by atoms with Crippen LogP contribution < -0.4 is 5.73 Å². The summed E-state index contributed by atoms with van der Waals surface area (Å²) in [5, 5.41) is 0. The first-order valence-corrected chi connectivity index (χ1v) is 5.91. The lowest BCUT2D eigenvalue weighted by Crippen LogP contribution is -2.11. The van der Waals surface area contributed by atoms with Crippen LogP contribution in [0.25, 0.3) is 0 Å². The van der Waals surface area contributed by atoms with Crippen molar-refractivity contribution in [3.8, 4) is 0 Å². The Balaban J connectivity index is 2.46. The van der Waals surface area contributed by atoms with Crippen molar-refractivity contribution in [1.29, 1.82) is 0 Å². The van der Waals surface area contributed by atoms with Gasteiger partial charge >= 0.3 is 0 Å². The van der Waals surface area contributed by atoms with Crippen molar-refractivity contribution < 1.29 is 4.74 Å². The van der Waals surface area contributed by atoms with Gasteiger partial charge in [0.05, 0.1) is 13.2 Å². The van der Waals surface area contributed by atoms with Crippen LogP contribution in [0.2, 0.25) is 0 Å². The standard InChI is InChI=1S/C14H23NO/c1-14(2,3)13-6-4-12(5-7-13)8-10-16-11-9-15/h4-7H,8-11,15H2,1-3H3. The molecule has 0 aromatic heterocycles. The SMILES string of the molecule is CC(C)(C)c1ccc(CCOCCN)cc1. The first-order valence-electron chi connectivity index (χ1n) is 5.91. The number of benzene rings is 1. The number of ether oxygens (including phenoxy) is 1. The number of rotatable bonds is 5. The van der Waals surface area contributed by atoms with E-state index in [2.05, 4.69) is 45.0 Å². The van der Waals surface area contributed by atoms with Crippen LogP contribution in [0.1, 0.15) is 31.9 Å². The van der Waals surface area contributed by atoms with Crippen molar-refractivity contribution >= 4 is 0 Å². The van der Waals surface area contributed by atoms with Gasteiger partial charge in [0, 0.05) is 6.54 Å². The van der Waals surface area contributed by atoms with Crippen LogP contribution in [0.4, 0.5) is 0 Å². The lowest BCUT2D eigenvalue weighted by atomic mass is 9.86. The molecule has 0 saturated carbocycles. The van der Waals surface area contributed by atoms with Gasteiger partial charge < -0.3 is 10.5 Å². The second kappa shape index (κ2) is 6.02. The fraction of sp³-hybridized carbons (Fsp3) is 0.571. The van der Waals surface area contributed by atoms with Gasteiger partial charge in [0.2, 0.25) is 0 Å². The molecule has 0 atom stereocenters. The minimum Gasteiger partial charge on any atom is -0.380 e. The Kier molecular flexibility index (Phi) is 4.97. The molecular formula is C14H23NO. The molecular weight excluding hydrogens is 198 g/mol. The molecule has 2 heteroatoms. The van der Waals surface area contributed by atoms with Crippen LogP contribution in [0.3, 0.4) is 0 Å². The van der Waals surface area contributed by atoms with Gasteiger partial charge in [-0.3, -0.25) is 0 Å². The Morgan fingerprint density at radius 3 is 2.19 bits per heavy atom. The second-order valence-electron chi connectivity index (χ2n) is 5.10. The van der Waals surface area contributed by atoms with Crippen LogP contribution in [0, 0.1) is 0 Å². The smallest absolute Gasteiger partial charge is 0.0588 e. The maximum Gasteiger partial charge on any atom is 0.0588 e. The second-order valence-corrected chi connectivity index (χ2v) is 5.10. The van der Waals surface area contributed by atoms with Gasteiger partial charge in [0.1, 0.15) is 0 Å². The molecule has 1 rings (SSSR count). The third-order valence-corrected chi connectivity index (χ3v) is 2.62. The van der Waals surface area contributed by atoms with E-state index in [0.717, 1.165) is 13.0 Å². The van der Waals surface area contributed by atoms with E-state index in [4.69, 9.17) is 10.5 Å². The maximum absolute atomic E-state index is 5.36. The molecule has 0 fully saturated rings. The average molecular weight is 221 g/mol. The summed E-state index contributed by atoms with van der Waals surface area (Å²) in [5.41, 5.74) is 8.28. The zero-order chi connectivity index (χ0) is 12.0. The molecule has 0 radical (unpaired) electrons. The van der Waals surface area contributed by atoms with Crippen LogP contribution >= 0.6 is 0 Å². The molecule has 0 aliphatic rings. The van der Waals surface area contributed by atoms with Crippen molar-refractivity contribution in [3.05, 3.63) is 35.4 Å². The summed E-state index contributed by atoms with van der Waals surface area (Å²) in [6, 6.07) is 8.79. The molecule has 2 N–H and O–H groups in total. The van der Waals surface area contributed by atoms with E-state index >= 15 is 0 Å². The summed E-state index contributed by atoms with van der Waals surface area (Å²) in [4.78, 5) is 0. The Hall–Kier alpha value is -0.860. The van der Waals surface area contributed by atoms with E-state index in [1.807, 2.05) is 0 Å². The number of hydrogen-bond acceptors (Lipinski definition) is 2. The lowest BCUT2D eigenvalue weighted by molar-refractivity contribution is 0.145. The molecule has 0 unspecified atom stereocenters. The number of hydrogen-bond donors (Lipinski definition) is 1. The third-order valence-electron chi connectivity index (χ3n) is 2.62. The van der Waals surface area contributed by atoms with Gasteiger partial charge in [-0.05, 0) is 23.0 Å². The summed E-state index contributed by atoms with van der Waals surface area (Å²) in [6.45, 7) is 8.69. The Bertz CT molecular complexity index is 298. The molecule has 2 nitrogen and oxygen atoms in total. The molecule has 0 bridgehead atoms. The highest BCUT2D eigenvalue weighted by Gasteiger charge is 2.12. The Morgan fingerprint density at radius 1 is 1.06 bits per heavy atom. The first kappa shape index (κ1) is 13.2. The van der Waals surface area contributed by atoms with Gasteiger partial charge in [-0.15, -0.1) is 0 Å². The molecule has 0 heterocycles. The van der Waals surface area contributed by atoms with Crippen LogP contribution in [-0.2, 0) is 16.6 Å². The molecule has 90 valence electrons. The van der Waals surface area contributed by atoms with E-state index in [1.165, 1.54) is 11.1 Å². The van der Waals surface area contributed by atoms with Crippen molar-refractivity contribution in [2.24, 2.45) is 5.73 Å². The molecule has 0 spiro atoms. The first-order chi connectivity index (χ1) is 7.54. The topological polar surface area (TPSA) is 35.2 Å². The average Bonchev–Trinajstić information content (AvgIpc) is 2.24. The van der Waals surface area contributed by atoms with Crippen molar-refractivity contribution in [2.45, 2.75) is 32.6 Å². The highest BCUT2D eigenvalue weighted by Crippen LogP contribution is 2.22. The minimum absolute atomic E-state index is 0.231. The molecule has 1 aromatic rings. The van der Waals surface area contributed by atoms with Gasteiger partial charge in [0.15, 0.2) is 0 Å². The van der Waals surface area contributed by atoms with Gasteiger partial charge in [-0.25, -0.2) is 0 Å². The van der Waals surface area contributed by atoms with E-state index in [0.29, 0.717) is 13.2 Å². The predicted molar refractivity (Wildman–Crippen MR) is 68.7 cm³/mol. The molecule has 0 amide bonds. The Morgan fingerprint density at radius 2 is 1.69 bits per heavy atom. The van der Waals surface area contributed by atoms with Crippen molar-refractivity contribution in [3.63, 3.8) is 0 Å². The highest BCUT2D eigenvalue weighted by atomic mass is 16.5. The zero-order valence-electron chi connectivity index (χ0n) is 10.6. The van der Waals surface area contributed by atoms with Crippen LogP contribution in [0.15, 0.2) is 24.3 Å². The summed E-state index contributed by atoms with van der Waals surface area (Å²) < 4.78 is 5.36. The summed E-state index contributed by atoms with van der Waals surface area (Å²) >= 11 is 0. The van der Waals surface area contributed by atoms with Crippen LogP contribution in [-0.4, -0.2) is 19.8 Å². The quantitative estimate of drug-likeness (QED) is 0.775. The van der Waals surface area contributed by atoms with E-state index in [-0.39, 0.29) is 5.41 Å². The molecule has 0 saturated heterocycles. The fourth-order valence-electron chi connectivity index (χ4n) is 1.55. The highest BCUT2D eigenvalue weighted by molar-refractivity contribution is 5.27.